The summed E-state index contributed by atoms with van der Waals surface area (Å²) in [5.74, 6) is 0.635. The van der Waals surface area contributed by atoms with E-state index in [9.17, 15) is 0 Å². The summed E-state index contributed by atoms with van der Waals surface area (Å²) in [6, 6.07) is 15.4. The van der Waals surface area contributed by atoms with Crippen LogP contribution < -0.4 is 10.5 Å². The van der Waals surface area contributed by atoms with Gasteiger partial charge in [-0.25, -0.2) is 0 Å². The van der Waals surface area contributed by atoms with Gasteiger partial charge in [0.1, 0.15) is 6.10 Å². The molecule has 1 atom stereocenters. The Morgan fingerprint density at radius 1 is 1.26 bits per heavy atom. The summed E-state index contributed by atoms with van der Waals surface area (Å²) in [4.78, 5) is 0. The van der Waals surface area contributed by atoms with Crippen LogP contribution in [-0.4, -0.2) is 0 Å². The van der Waals surface area contributed by atoms with E-state index in [1.54, 1.807) is 12.1 Å². The molecule has 0 fully saturated rings. The molecule has 1 unspecified atom stereocenters. The number of ether oxygens (including phenoxy) is 1. The van der Waals surface area contributed by atoms with Gasteiger partial charge in [-0.05, 0) is 47.2 Å². The third-order valence-electron chi connectivity index (χ3n) is 2.77. The van der Waals surface area contributed by atoms with Crippen LogP contribution in [0.4, 0.5) is 5.69 Å². The van der Waals surface area contributed by atoms with Crippen LogP contribution in [0.1, 0.15) is 24.2 Å². The van der Waals surface area contributed by atoms with Gasteiger partial charge in [0, 0.05) is 0 Å². The summed E-state index contributed by atoms with van der Waals surface area (Å²) in [5.41, 5.74) is 8.06. The molecule has 2 aromatic carbocycles. The van der Waals surface area contributed by atoms with Crippen molar-refractivity contribution < 1.29 is 4.74 Å². The van der Waals surface area contributed by atoms with Gasteiger partial charge in [-0.3, -0.25) is 0 Å². The highest BCUT2D eigenvalue weighted by Gasteiger charge is 2.13. The van der Waals surface area contributed by atoms with Gasteiger partial charge in [-0.2, -0.15) is 5.26 Å². The molecule has 2 aromatic rings. The Kier molecular flexibility index (Phi) is 4.27. The van der Waals surface area contributed by atoms with Crippen LogP contribution in [0, 0.1) is 14.9 Å². The average Bonchev–Trinajstić information content (AvgIpc) is 2.43. The number of nitrogens with zero attached hydrogens (tertiary/aromatic N) is 1. The van der Waals surface area contributed by atoms with Gasteiger partial charge in [0.15, 0.2) is 5.75 Å². The van der Waals surface area contributed by atoms with Crippen molar-refractivity contribution in [1.29, 1.82) is 5.26 Å². The van der Waals surface area contributed by atoms with Gasteiger partial charge >= 0.3 is 0 Å². The molecule has 19 heavy (non-hydrogen) atoms. The fourth-order valence-corrected chi connectivity index (χ4v) is 2.55. The summed E-state index contributed by atoms with van der Waals surface area (Å²) in [6.45, 7) is 1.98. The van der Waals surface area contributed by atoms with Crippen molar-refractivity contribution in [1.82, 2.24) is 0 Å². The molecule has 0 amide bonds. The lowest BCUT2D eigenvalue weighted by atomic mass is 10.1. The van der Waals surface area contributed by atoms with Crippen LogP contribution in [0.2, 0.25) is 0 Å². The van der Waals surface area contributed by atoms with E-state index in [1.165, 1.54) is 0 Å². The Labute approximate surface area is 126 Å². The number of nitrogens with two attached hydrogens (primary N) is 1. The minimum absolute atomic E-state index is 0.0926. The van der Waals surface area contributed by atoms with Crippen molar-refractivity contribution in [2.24, 2.45) is 0 Å². The lowest BCUT2D eigenvalue weighted by Gasteiger charge is -2.18. The van der Waals surface area contributed by atoms with Gasteiger partial charge in [-0.15, -0.1) is 0 Å². The van der Waals surface area contributed by atoms with Crippen molar-refractivity contribution in [3.05, 3.63) is 57.2 Å². The molecule has 0 saturated heterocycles. The lowest BCUT2D eigenvalue weighted by Crippen LogP contribution is -2.06. The zero-order chi connectivity index (χ0) is 13.8. The lowest BCUT2D eigenvalue weighted by molar-refractivity contribution is 0.226. The van der Waals surface area contributed by atoms with Crippen molar-refractivity contribution in [2.45, 2.75) is 13.0 Å². The highest BCUT2D eigenvalue weighted by Crippen LogP contribution is 2.33. The second kappa shape index (κ2) is 5.93. The SMILES string of the molecule is CC(Oc1c(N)cc(C#N)cc1I)c1ccccc1. The highest BCUT2D eigenvalue weighted by atomic mass is 127. The summed E-state index contributed by atoms with van der Waals surface area (Å²) < 4.78 is 6.76. The number of benzene rings is 2. The van der Waals surface area contributed by atoms with Crippen LogP contribution in [0.15, 0.2) is 42.5 Å². The van der Waals surface area contributed by atoms with Crippen LogP contribution in [0.25, 0.3) is 0 Å². The Morgan fingerprint density at radius 2 is 1.95 bits per heavy atom. The molecule has 96 valence electrons. The molecule has 0 heterocycles. The monoisotopic (exact) mass is 364 g/mol. The summed E-state index contributed by atoms with van der Waals surface area (Å²) in [6.07, 6.45) is -0.0926. The maximum Gasteiger partial charge on any atom is 0.156 e. The predicted molar refractivity (Wildman–Crippen MR) is 83.8 cm³/mol. The van der Waals surface area contributed by atoms with E-state index in [0.717, 1.165) is 9.13 Å². The molecule has 3 nitrogen and oxygen atoms in total. The molecule has 0 aromatic heterocycles. The predicted octanol–water partition coefficient (Wildman–Crippen LogP) is 3.89. The smallest absolute Gasteiger partial charge is 0.156 e. The zero-order valence-electron chi connectivity index (χ0n) is 10.4. The minimum Gasteiger partial charge on any atom is -0.483 e. The Bertz CT molecular complexity index is 597. The molecule has 0 aliphatic heterocycles. The maximum absolute atomic E-state index is 8.89. The minimum atomic E-state index is -0.0926. The Hall–Kier alpha value is -1.74. The first-order valence-electron chi connectivity index (χ1n) is 5.82. The normalized spacial score (nSPS) is 11.6. The van der Waals surface area contributed by atoms with Gasteiger partial charge in [0.05, 0.1) is 20.9 Å². The van der Waals surface area contributed by atoms with E-state index in [-0.39, 0.29) is 6.10 Å². The Balaban J connectivity index is 2.27. The largest absolute Gasteiger partial charge is 0.483 e. The van der Waals surface area contributed by atoms with Crippen molar-refractivity contribution in [3.63, 3.8) is 0 Å². The van der Waals surface area contributed by atoms with Crippen LogP contribution in [0.5, 0.6) is 5.75 Å². The average molecular weight is 364 g/mol. The van der Waals surface area contributed by atoms with Gasteiger partial charge in [-0.1, -0.05) is 30.3 Å². The fourth-order valence-electron chi connectivity index (χ4n) is 1.77. The van der Waals surface area contributed by atoms with Gasteiger partial charge in [0.2, 0.25) is 0 Å². The van der Waals surface area contributed by atoms with Crippen LogP contribution in [-0.2, 0) is 0 Å². The molecular formula is C15H13IN2O. The molecule has 0 saturated carbocycles. The number of anilines is 1. The Morgan fingerprint density at radius 3 is 2.53 bits per heavy atom. The van der Waals surface area contributed by atoms with Crippen LogP contribution in [0.3, 0.4) is 0 Å². The standard InChI is InChI=1S/C15H13IN2O/c1-10(12-5-3-2-4-6-12)19-15-13(16)7-11(9-17)8-14(15)18/h2-8,10H,18H2,1H3. The highest BCUT2D eigenvalue weighted by molar-refractivity contribution is 14.1. The van der Waals surface area contributed by atoms with E-state index in [2.05, 4.69) is 28.7 Å². The first kappa shape index (κ1) is 13.7. The molecule has 0 aliphatic rings. The number of nitrogen functional groups attached to an aromatic ring is 1. The van der Waals surface area contributed by atoms with E-state index in [4.69, 9.17) is 15.7 Å². The molecule has 2 N–H and O–H groups in total. The molecule has 0 spiro atoms. The van der Waals surface area contributed by atoms with Crippen molar-refractivity contribution in [2.75, 3.05) is 5.73 Å². The number of hydrogen-bond acceptors (Lipinski definition) is 3. The topological polar surface area (TPSA) is 59.0 Å². The number of halogens is 1. The number of hydrogen-bond donors (Lipinski definition) is 1. The molecule has 0 radical (unpaired) electrons. The number of nitriles is 1. The molecule has 2 rings (SSSR count). The summed E-state index contributed by atoms with van der Waals surface area (Å²) in [5, 5.41) is 8.89. The second-order valence-electron chi connectivity index (χ2n) is 4.16. The third-order valence-corrected chi connectivity index (χ3v) is 3.57. The van der Waals surface area contributed by atoms with E-state index in [1.807, 2.05) is 37.3 Å². The number of rotatable bonds is 3. The van der Waals surface area contributed by atoms with Crippen molar-refractivity contribution in [3.8, 4) is 11.8 Å². The van der Waals surface area contributed by atoms with E-state index >= 15 is 0 Å². The molecule has 0 bridgehead atoms. The summed E-state index contributed by atoms with van der Waals surface area (Å²) >= 11 is 2.13. The quantitative estimate of drug-likeness (QED) is 0.664. The van der Waals surface area contributed by atoms with Crippen LogP contribution >= 0.6 is 22.6 Å². The zero-order valence-corrected chi connectivity index (χ0v) is 12.6. The van der Waals surface area contributed by atoms with E-state index in [0.29, 0.717) is 17.0 Å². The molecule has 0 aliphatic carbocycles. The van der Waals surface area contributed by atoms with E-state index < -0.39 is 0 Å². The third kappa shape index (κ3) is 3.18. The molecule has 4 heteroatoms. The van der Waals surface area contributed by atoms with Crippen molar-refractivity contribution >= 4 is 28.3 Å². The van der Waals surface area contributed by atoms with Gasteiger partial charge < -0.3 is 10.5 Å². The van der Waals surface area contributed by atoms with Gasteiger partial charge in [0.25, 0.3) is 0 Å². The summed E-state index contributed by atoms with van der Waals surface area (Å²) in [7, 11) is 0. The fraction of sp³-hybridized carbons (Fsp3) is 0.133. The first-order valence-corrected chi connectivity index (χ1v) is 6.90. The molecular weight excluding hydrogens is 351 g/mol. The second-order valence-corrected chi connectivity index (χ2v) is 5.32. The first-order chi connectivity index (χ1) is 9.11. The maximum atomic E-state index is 8.89.